The average molecular weight is 297 g/mol. The fraction of sp³-hybridized carbons (Fsp3) is 0.533. The zero-order valence-corrected chi connectivity index (χ0v) is 12.5. The van der Waals surface area contributed by atoms with E-state index in [1.807, 2.05) is 36.1 Å². The fourth-order valence-corrected chi connectivity index (χ4v) is 2.68. The first-order chi connectivity index (χ1) is 9.63. The average Bonchev–Trinajstić information content (AvgIpc) is 2.46. The number of amides is 1. The van der Waals surface area contributed by atoms with Crippen LogP contribution >= 0.6 is 11.6 Å². The maximum atomic E-state index is 12.2. The number of carbonyl (C=O) groups is 1. The van der Waals surface area contributed by atoms with Crippen molar-refractivity contribution >= 4 is 17.5 Å². The molecule has 0 unspecified atom stereocenters. The zero-order valence-electron chi connectivity index (χ0n) is 11.7. The summed E-state index contributed by atoms with van der Waals surface area (Å²) >= 11 is 6.20. The monoisotopic (exact) mass is 296 g/mol. The van der Waals surface area contributed by atoms with Crippen molar-refractivity contribution < 1.29 is 9.53 Å². The number of benzene rings is 1. The first kappa shape index (κ1) is 15.3. The molecule has 5 heteroatoms. The quantitative estimate of drug-likeness (QED) is 0.928. The van der Waals surface area contributed by atoms with E-state index in [-0.39, 0.29) is 18.1 Å². The van der Waals surface area contributed by atoms with Crippen LogP contribution in [0.1, 0.15) is 31.4 Å². The van der Waals surface area contributed by atoms with Crippen molar-refractivity contribution in [3.63, 3.8) is 0 Å². The van der Waals surface area contributed by atoms with Gasteiger partial charge >= 0.3 is 0 Å². The van der Waals surface area contributed by atoms with Crippen molar-refractivity contribution in [1.82, 2.24) is 4.90 Å². The molecule has 1 amide bonds. The number of hydrogen-bond donors (Lipinski definition) is 1. The van der Waals surface area contributed by atoms with E-state index in [1.165, 1.54) is 0 Å². The minimum Gasteiger partial charge on any atom is -0.369 e. The number of hydrogen-bond acceptors (Lipinski definition) is 3. The van der Waals surface area contributed by atoms with E-state index < -0.39 is 0 Å². The molecule has 4 nitrogen and oxygen atoms in total. The van der Waals surface area contributed by atoms with Crippen LogP contribution < -0.4 is 5.73 Å². The van der Waals surface area contributed by atoms with E-state index in [9.17, 15) is 4.79 Å². The molecule has 2 atom stereocenters. The molecular formula is C15H21ClN2O2. The lowest BCUT2D eigenvalue weighted by Crippen LogP contribution is -2.48. The van der Waals surface area contributed by atoms with Crippen LogP contribution in [0.15, 0.2) is 24.3 Å². The predicted molar refractivity (Wildman–Crippen MR) is 79.6 cm³/mol. The molecule has 1 aromatic carbocycles. The summed E-state index contributed by atoms with van der Waals surface area (Å²) in [6.07, 6.45) is 1.07. The van der Waals surface area contributed by atoms with Gasteiger partial charge in [0, 0.05) is 17.0 Å². The summed E-state index contributed by atoms with van der Waals surface area (Å²) in [5, 5.41) is 0.682. The van der Waals surface area contributed by atoms with Crippen molar-refractivity contribution in [2.45, 2.75) is 31.9 Å². The highest BCUT2D eigenvalue weighted by molar-refractivity contribution is 6.31. The van der Waals surface area contributed by atoms with Crippen LogP contribution in [-0.4, -0.2) is 36.5 Å². The minimum atomic E-state index is -0.151. The molecule has 110 valence electrons. The molecule has 0 aromatic heterocycles. The molecule has 0 radical (unpaired) electrons. The normalized spacial score (nSPS) is 22.9. The van der Waals surface area contributed by atoms with Crippen molar-refractivity contribution in [1.29, 1.82) is 0 Å². The lowest BCUT2D eigenvalue weighted by molar-refractivity contribution is -0.144. The van der Waals surface area contributed by atoms with E-state index >= 15 is 0 Å². The topological polar surface area (TPSA) is 55.6 Å². The van der Waals surface area contributed by atoms with Gasteiger partial charge in [0.1, 0.15) is 6.10 Å². The Morgan fingerprint density at radius 2 is 2.25 bits per heavy atom. The molecule has 1 aliphatic rings. The Hall–Kier alpha value is -1.10. The third kappa shape index (κ3) is 3.51. The molecule has 0 aliphatic carbocycles. The molecule has 0 saturated carbocycles. The Balaban J connectivity index is 2.08. The molecule has 20 heavy (non-hydrogen) atoms. The molecule has 1 saturated heterocycles. The molecule has 1 heterocycles. The van der Waals surface area contributed by atoms with Gasteiger partial charge in [0.15, 0.2) is 0 Å². The minimum absolute atomic E-state index is 0.0963. The first-order valence-electron chi connectivity index (χ1n) is 6.99. The van der Waals surface area contributed by atoms with Crippen LogP contribution in [0.2, 0.25) is 5.02 Å². The van der Waals surface area contributed by atoms with E-state index in [0.717, 1.165) is 12.0 Å². The maximum Gasteiger partial charge on any atom is 0.223 e. The second-order valence-electron chi connectivity index (χ2n) is 5.13. The summed E-state index contributed by atoms with van der Waals surface area (Å²) in [6.45, 7) is 3.63. The van der Waals surface area contributed by atoms with Gasteiger partial charge in [0.05, 0.1) is 19.2 Å². The number of morpholine rings is 1. The van der Waals surface area contributed by atoms with Crippen LogP contribution in [0, 0.1) is 0 Å². The van der Waals surface area contributed by atoms with E-state index in [1.54, 1.807) is 0 Å². The summed E-state index contributed by atoms with van der Waals surface area (Å²) in [6, 6.07) is 7.72. The SMILES string of the molecule is C[C@H]1CO[C@@H](c2ccccc2Cl)CN1C(=O)CCCN. The second kappa shape index (κ2) is 7.07. The van der Waals surface area contributed by atoms with Crippen LogP contribution in [0.5, 0.6) is 0 Å². The number of halogens is 1. The summed E-state index contributed by atoms with van der Waals surface area (Å²) in [5.74, 6) is 0.142. The highest BCUT2D eigenvalue weighted by Crippen LogP contribution is 2.30. The van der Waals surface area contributed by atoms with E-state index in [0.29, 0.717) is 31.1 Å². The zero-order chi connectivity index (χ0) is 14.5. The van der Waals surface area contributed by atoms with Crippen LogP contribution in [0.25, 0.3) is 0 Å². The molecule has 2 rings (SSSR count). The molecular weight excluding hydrogens is 276 g/mol. The number of ether oxygens (including phenoxy) is 1. The number of carbonyl (C=O) groups excluding carboxylic acids is 1. The lowest BCUT2D eigenvalue weighted by atomic mass is 10.1. The summed E-state index contributed by atoms with van der Waals surface area (Å²) < 4.78 is 5.84. The van der Waals surface area contributed by atoms with Crippen LogP contribution in [0.3, 0.4) is 0 Å². The van der Waals surface area contributed by atoms with Gasteiger partial charge in [-0.25, -0.2) is 0 Å². The second-order valence-corrected chi connectivity index (χ2v) is 5.54. The molecule has 1 aliphatic heterocycles. The Bertz CT molecular complexity index is 467. The number of nitrogens with zero attached hydrogens (tertiary/aromatic N) is 1. The summed E-state index contributed by atoms with van der Waals surface area (Å²) in [7, 11) is 0. The Kier molecular flexibility index (Phi) is 5.40. The van der Waals surface area contributed by atoms with E-state index in [2.05, 4.69) is 0 Å². The lowest BCUT2D eigenvalue weighted by Gasteiger charge is -2.38. The van der Waals surface area contributed by atoms with Gasteiger partial charge in [0.25, 0.3) is 0 Å². The first-order valence-corrected chi connectivity index (χ1v) is 7.37. The van der Waals surface area contributed by atoms with Crippen LogP contribution in [0.4, 0.5) is 0 Å². The highest BCUT2D eigenvalue weighted by atomic mass is 35.5. The van der Waals surface area contributed by atoms with Crippen molar-refractivity contribution in [3.8, 4) is 0 Å². The summed E-state index contributed by atoms with van der Waals surface area (Å²) in [5.41, 5.74) is 6.41. The highest BCUT2D eigenvalue weighted by Gasteiger charge is 2.30. The van der Waals surface area contributed by atoms with Crippen molar-refractivity contribution in [2.75, 3.05) is 19.7 Å². The molecule has 0 bridgehead atoms. The Morgan fingerprint density at radius 1 is 1.50 bits per heavy atom. The Morgan fingerprint density at radius 3 is 2.95 bits per heavy atom. The predicted octanol–water partition coefficient (Wildman–Crippen LogP) is 2.37. The number of nitrogens with two attached hydrogens (primary N) is 1. The van der Waals surface area contributed by atoms with Gasteiger partial charge in [-0.05, 0) is 26.0 Å². The molecule has 0 spiro atoms. The molecule has 2 N–H and O–H groups in total. The largest absolute Gasteiger partial charge is 0.369 e. The third-order valence-corrected chi connectivity index (χ3v) is 3.94. The third-order valence-electron chi connectivity index (χ3n) is 3.60. The standard InChI is InChI=1S/C15H21ClN2O2/c1-11-10-20-14(12-5-2-3-6-13(12)16)9-18(11)15(19)7-4-8-17/h2-3,5-6,11,14H,4,7-10,17H2,1H3/t11-,14+/m0/s1. The maximum absolute atomic E-state index is 12.2. The smallest absolute Gasteiger partial charge is 0.223 e. The van der Waals surface area contributed by atoms with Crippen LogP contribution in [-0.2, 0) is 9.53 Å². The fourth-order valence-electron chi connectivity index (χ4n) is 2.43. The van der Waals surface area contributed by atoms with Crippen molar-refractivity contribution in [2.24, 2.45) is 5.73 Å². The van der Waals surface area contributed by atoms with Gasteiger partial charge < -0.3 is 15.4 Å². The Labute approximate surface area is 124 Å². The van der Waals surface area contributed by atoms with E-state index in [4.69, 9.17) is 22.1 Å². The van der Waals surface area contributed by atoms with Gasteiger partial charge in [-0.2, -0.15) is 0 Å². The van der Waals surface area contributed by atoms with Gasteiger partial charge in [-0.15, -0.1) is 0 Å². The van der Waals surface area contributed by atoms with Crippen molar-refractivity contribution in [3.05, 3.63) is 34.9 Å². The van der Waals surface area contributed by atoms with Gasteiger partial charge in [0.2, 0.25) is 5.91 Å². The van der Waals surface area contributed by atoms with Gasteiger partial charge in [-0.1, -0.05) is 29.8 Å². The molecule has 1 aromatic rings. The van der Waals surface area contributed by atoms with Gasteiger partial charge in [-0.3, -0.25) is 4.79 Å². The molecule has 1 fully saturated rings. The summed E-state index contributed by atoms with van der Waals surface area (Å²) in [4.78, 5) is 14.1. The number of rotatable bonds is 4.